The van der Waals surface area contributed by atoms with Crippen LogP contribution in [0.5, 0.6) is 0 Å². The van der Waals surface area contributed by atoms with Crippen LogP contribution in [0.3, 0.4) is 0 Å². The summed E-state index contributed by atoms with van der Waals surface area (Å²) in [5, 5.41) is 13.2. The minimum atomic E-state index is -1.05. The zero-order chi connectivity index (χ0) is 16.3. The number of carboxylic acids is 1. The number of hydrogen-bond donors (Lipinski definition) is 1. The lowest BCUT2D eigenvalue weighted by Crippen LogP contribution is -2.40. The number of carbonyl (C=O) groups is 2. The van der Waals surface area contributed by atoms with Gasteiger partial charge in [-0.2, -0.15) is 5.10 Å². The Balaban J connectivity index is 2.26. The van der Waals surface area contributed by atoms with Gasteiger partial charge in [-0.05, 0) is 38.1 Å². The van der Waals surface area contributed by atoms with Crippen LogP contribution in [0.1, 0.15) is 24.3 Å². The Morgan fingerprint density at radius 3 is 2.68 bits per heavy atom. The number of benzene rings is 1. The van der Waals surface area contributed by atoms with Crippen molar-refractivity contribution in [2.45, 2.75) is 19.9 Å². The SMILES string of the molecule is CC(C)N(CC(=O)O)C(=O)c1ccn(-c2cccc(Br)c2)n1. The minimum Gasteiger partial charge on any atom is -0.480 e. The topological polar surface area (TPSA) is 75.4 Å². The summed E-state index contributed by atoms with van der Waals surface area (Å²) >= 11 is 3.38. The molecule has 0 spiro atoms. The third-order valence-electron chi connectivity index (χ3n) is 3.07. The summed E-state index contributed by atoms with van der Waals surface area (Å²) in [6, 6.07) is 8.86. The summed E-state index contributed by atoms with van der Waals surface area (Å²) in [7, 11) is 0. The second kappa shape index (κ2) is 6.74. The lowest BCUT2D eigenvalue weighted by atomic mass is 10.2. The van der Waals surface area contributed by atoms with Crippen molar-refractivity contribution < 1.29 is 14.7 Å². The lowest BCUT2D eigenvalue weighted by Gasteiger charge is -2.23. The van der Waals surface area contributed by atoms with Crippen LogP contribution in [0.4, 0.5) is 0 Å². The van der Waals surface area contributed by atoms with Gasteiger partial charge >= 0.3 is 5.97 Å². The normalized spacial score (nSPS) is 10.7. The first-order valence-electron chi connectivity index (χ1n) is 6.73. The second-order valence-electron chi connectivity index (χ2n) is 5.05. The maximum absolute atomic E-state index is 12.4. The molecule has 0 radical (unpaired) electrons. The van der Waals surface area contributed by atoms with Crippen LogP contribution < -0.4 is 0 Å². The number of rotatable bonds is 5. The number of carbonyl (C=O) groups excluding carboxylic acids is 1. The molecule has 2 aromatic rings. The van der Waals surface area contributed by atoms with Crippen LogP contribution in [-0.4, -0.2) is 44.3 Å². The molecule has 0 atom stereocenters. The number of nitrogens with zero attached hydrogens (tertiary/aromatic N) is 3. The van der Waals surface area contributed by atoms with E-state index in [0.29, 0.717) is 0 Å². The Kier molecular flexibility index (Phi) is 4.97. The average molecular weight is 366 g/mol. The first-order chi connectivity index (χ1) is 10.4. The molecule has 0 aliphatic heterocycles. The third-order valence-corrected chi connectivity index (χ3v) is 3.56. The molecule has 0 saturated heterocycles. The fourth-order valence-electron chi connectivity index (χ4n) is 1.98. The number of aromatic nitrogens is 2. The highest BCUT2D eigenvalue weighted by atomic mass is 79.9. The fourth-order valence-corrected chi connectivity index (χ4v) is 2.37. The van der Waals surface area contributed by atoms with Crippen molar-refractivity contribution >= 4 is 27.8 Å². The molecule has 1 heterocycles. The van der Waals surface area contributed by atoms with E-state index in [2.05, 4.69) is 21.0 Å². The van der Waals surface area contributed by atoms with Gasteiger partial charge in [-0.15, -0.1) is 0 Å². The molecule has 1 aromatic heterocycles. The highest BCUT2D eigenvalue weighted by Gasteiger charge is 2.23. The smallest absolute Gasteiger partial charge is 0.323 e. The predicted molar refractivity (Wildman–Crippen MR) is 85.1 cm³/mol. The largest absolute Gasteiger partial charge is 0.480 e. The number of amides is 1. The first kappa shape index (κ1) is 16.2. The molecule has 1 amide bonds. The van der Waals surface area contributed by atoms with Crippen LogP contribution in [0.15, 0.2) is 41.0 Å². The van der Waals surface area contributed by atoms with Gasteiger partial charge in [0.1, 0.15) is 6.54 Å². The zero-order valence-corrected chi connectivity index (χ0v) is 13.8. The maximum Gasteiger partial charge on any atom is 0.323 e. The Bertz CT molecular complexity index is 697. The van der Waals surface area contributed by atoms with Crippen LogP contribution in [0.2, 0.25) is 0 Å². The molecule has 0 saturated carbocycles. The standard InChI is InChI=1S/C15H16BrN3O3/c1-10(2)18(9-14(20)21)15(22)13-6-7-19(17-13)12-5-3-4-11(16)8-12/h3-8,10H,9H2,1-2H3,(H,20,21). The van der Waals surface area contributed by atoms with Gasteiger partial charge in [0.15, 0.2) is 5.69 Å². The van der Waals surface area contributed by atoms with E-state index >= 15 is 0 Å². The number of halogens is 1. The van der Waals surface area contributed by atoms with Crippen molar-refractivity contribution in [3.05, 3.63) is 46.7 Å². The van der Waals surface area contributed by atoms with Crippen molar-refractivity contribution in [1.82, 2.24) is 14.7 Å². The van der Waals surface area contributed by atoms with Gasteiger partial charge in [0, 0.05) is 16.7 Å². The van der Waals surface area contributed by atoms with Gasteiger partial charge in [-0.3, -0.25) is 9.59 Å². The van der Waals surface area contributed by atoms with Gasteiger partial charge in [-0.1, -0.05) is 22.0 Å². The Morgan fingerprint density at radius 1 is 1.36 bits per heavy atom. The molecule has 7 heteroatoms. The zero-order valence-electron chi connectivity index (χ0n) is 12.2. The quantitative estimate of drug-likeness (QED) is 0.883. The summed E-state index contributed by atoms with van der Waals surface area (Å²) in [5.41, 5.74) is 1.03. The predicted octanol–water partition coefficient (Wildman–Crippen LogP) is 2.57. The molecule has 6 nitrogen and oxygen atoms in total. The highest BCUT2D eigenvalue weighted by Crippen LogP contribution is 2.16. The van der Waals surface area contributed by atoms with Crippen LogP contribution >= 0.6 is 15.9 Å². The number of carboxylic acid groups (broad SMARTS) is 1. The van der Waals surface area contributed by atoms with Crippen LogP contribution in [0, 0.1) is 0 Å². The molecular formula is C15H16BrN3O3. The van der Waals surface area contributed by atoms with E-state index in [1.165, 1.54) is 4.90 Å². The molecule has 2 rings (SSSR count). The first-order valence-corrected chi connectivity index (χ1v) is 7.52. The molecule has 22 heavy (non-hydrogen) atoms. The Morgan fingerprint density at radius 2 is 2.09 bits per heavy atom. The molecule has 0 aliphatic carbocycles. The highest BCUT2D eigenvalue weighted by molar-refractivity contribution is 9.10. The van der Waals surface area contributed by atoms with E-state index in [9.17, 15) is 9.59 Å². The number of aliphatic carboxylic acids is 1. The molecule has 0 bridgehead atoms. The van der Waals surface area contributed by atoms with Crippen molar-refractivity contribution in [3.63, 3.8) is 0 Å². The Hall–Kier alpha value is -2.15. The fraction of sp³-hybridized carbons (Fsp3) is 0.267. The average Bonchev–Trinajstić information content (AvgIpc) is 2.93. The van der Waals surface area contributed by atoms with E-state index in [-0.39, 0.29) is 18.3 Å². The molecule has 1 aromatic carbocycles. The van der Waals surface area contributed by atoms with Crippen LogP contribution in [-0.2, 0) is 4.79 Å². The lowest BCUT2D eigenvalue weighted by molar-refractivity contribution is -0.138. The Labute approximate surface area is 136 Å². The van der Waals surface area contributed by atoms with Gasteiger partial charge in [0.2, 0.25) is 0 Å². The van der Waals surface area contributed by atoms with E-state index in [4.69, 9.17) is 5.11 Å². The van der Waals surface area contributed by atoms with Gasteiger partial charge < -0.3 is 10.0 Å². The second-order valence-corrected chi connectivity index (χ2v) is 5.96. The van der Waals surface area contributed by atoms with E-state index in [1.807, 2.05) is 24.3 Å². The van der Waals surface area contributed by atoms with Gasteiger partial charge in [-0.25, -0.2) is 4.68 Å². The monoisotopic (exact) mass is 365 g/mol. The summed E-state index contributed by atoms with van der Waals surface area (Å²) in [6.07, 6.45) is 1.67. The maximum atomic E-state index is 12.4. The molecule has 1 N–H and O–H groups in total. The molecule has 116 valence electrons. The molecule has 0 fully saturated rings. The molecular weight excluding hydrogens is 350 g/mol. The number of hydrogen-bond acceptors (Lipinski definition) is 3. The third kappa shape index (κ3) is 3.73. The summed E-state index contributed by atoms with van der Waals surface area (Å²) in [4.78, 5) is 24.6. The van der Waals surface area contributed by atoms with Crippen molar-refractivity contribution in [3.8, 4) is 5.69 Å². The van der Waals surface area contributed by atoms with Crippen molar-refractivity contribution in [1.29, 1.82) is 0 Å². The van der Waals surface area contributed by atoms with Crippen LogP contribution in [0.25, 0.3) is 5.69 Å². The van der Waals surface area contributed by atoms with E-state index in [1.54, 1.807) is 30.8 Å². The minimum absolute atomic E-state index is 0.218. The molecule has 0 unspecified atom stereocenters. The van der Waals surface area contributed by atoms with E-state index in [0.717, 1.165) is 10.2 Å². The summed E-state index contributed by atoms with van der Waals surface area (Å²) in [6.45, 7) is 3.19. The summed E-state index contributed by atoms with van der Waals surface area (Å²) in [5.74, 6) is -1.44. The van der Waals surface area contributed by atoms with Gasteiger partial charge in [0.05, 0.1) is 5.69 Å². The van der Waals surface area contributed by atoms with Crippen molar-refractivity contribution in [2.75, 3.05) is 6.54 Å². The van der Waals surface area contributed by atoms with Crippen molar-refractivity contribution in [2.24, 2.45) is 0 Å². The van der Waals surface area contributed by atoms with E-state index < -0.39 is 11.9 Å². The summed E-state index contributed by atoms with van der Waals surface area (Å²) < 4.78 is 2.49. The van der Waals surface area contributed by atoms with Gasteiger partial charge in [0.25, 0.3) is 5.91 Å². The molecule has 0 aliphatic rings.